The predicted octanol–water partition coefficient (Wildman–Crippen LogP) is 3.92. The van der Waals surface area contributed by atoms with Crippen LogP contribution in [-0.2, 0) is 22.6 Å². The molecule has 0 atom stereocenters. The summed E-state index contributed by atoms with van der Waals surface area (Å²) in [5.74, 6) is -0.347. The summed E-state index contributed by atoms with van der Waals surface area (Å²) < 4.78 is 5.14. The van der Waals surface area contributed by atoms with E-state index in [1.165, 1.54) is 0 Å². The SMILES string of the molecule is O=C(CNCCc1cccc(Cl)c1)OCc1cc(Cl)nc(Cl)c1. The second-order valence-electron chi connectivity index (χ2n) is 4.84. The van der Waals surface area contributed by atoms with Gasteiger partial charge in [0.15, 0.2) is 0 Å². The molecule has 0 spiro atoms. The lowest BCUT2D eigenvalue weighted by molar-refractivity contribution is -0.143. The van der Waals surface area contributed by atoms with Crippen LogP contribution in [0.25, 0.3) is 0 Å². The molecule has 1 N–H and O–H groups in total. The van der Waals surface area contributed by atoms with E-state index in [1.54, 1.807) is 12.1 Å². The number of benzene rings is 1. The Morgan fingerprint density at radius 2 is 1.83 bits per heavy atom. The van der Waals surface area contributed by atoms with Crippen LogP contribution in [0.15, 0.2) is 36.4 Å². The monoisotopic (exact) mass is 372 g/mol. The van der Waals surface area contributed by atoms with Crippen LogP contribution >= 0.6 is 34.8 Å². The maximum atomic E-state index is 11.7. The van der Waals surface area contributed by atoms with E-state index in [-0.39, 0.29) is 29.4 Å². The predicted molar refractivity (Wildman–Crippen MR) is 92.1 cm³/mol. The zero-order valence-electron chi connectivity index (χ0n) is 12.2. The topological polar surface area (TPSA) is 51.2 Å². The first kappa shape index (κ1) is 18.0. The number of nitrogens with one attached hydrogen (secondary N) is 1. The number of aromatic nitrogens is 1. The van der Waals surface area contributed by atoms with Crippen molar-refractivity contribution < 1.29 is 9.53 Å². The number of nitrogens with zero attached hydrogens (tertiary/aromatic N) is 1. The molecule has 1 aromatic carbocycles. The first-order valence-electron chi connectivity index (χ1n) is 6.95. The Morgan fingerprint density at radius 3 is 2.52 bits per heavy atom. The van der Waals surface area contributed by atoms with Gasteiger partial charge in [0.1, 0.15) is 16.9 Å². The molecule has 2 rings (SSSR count). The number of carbonyl (C=O) groups is 1. The fourth-order valence-electron chi connectivity index (χ4n) is 1.93. The van der Waals surface area contributed by atoms with Crippen LogP contribution in [0.2, 0.25) is 15.3 Å². The van der Waals surface area contributed by atoms with Crippen molar-refractivity contribution in [1.82, 2.24) is 10.3 Å². The van der Waals surface area contributed by atoms with Crippen molar-refractivity contribution in [3.8, 4) is 0 Å². The highest BCUT2D eigenvalue weighted by atomic mass is 35.5. The number of carbonyl (C=O) groups excluding carboxylic acids is 1. The third-order valence-electron chi connectivity index (χ3n) is 2.97. The van der Waals surface area contributed by atoms with Gasteiger partial charge in [-0.3, -0.25) is 4.79 Å². The Balaban J connectivity index is 1.67. The van der Waals surface area contributed by atoms with Crippen molar-refractivity contribution in [3.63, 3.8) is 0 Å². The molecule has 1 aromatic heterocycles. The number of halogens is 3. The van der Waals surface area contributed by atoms with Crippen LogP contribution in [0.3, 0.4) is 0 Å². The van der Waals surface area contributed by atoms with Crippen molar-refractivity contribution >= 4 is 40.8 Å². The smallest absolute Gasteiger partial charge is 0.320 e. The summed E-state index contributed by atoms with van der Waals surface area (Å²) in [6.07, 6.45) is 0.781. The molecule has 0 saturated carbocycles. The Bertz CT molecular complexity index is 660. The molecule has 0 aliphatic rings. The van der Waals surface area contributed by atoms with E-state index < -0.39 is 0 Å². The minimum atomic E-state index is -0.347. The second-order valence-corrected chi connectivity index (χ2v) is 6.05. The average Bonchev–Trinajstić information content (AvgIpc) is 2.49. The highest BCUT2D eigenvalue weighted by Gasteiger charge is 2.05. The molecule has 122 valence electrons. The zero-order chi connectivity index (χ0) is 16.7. The number of hydrogen-bond donors (Lipinski definition) is 1. The molecule has 0 fully saturated rings. The molecule has 2 aromatic rings. The summed E-state index contributed by atoms with van der Waals surface area (Å²) in [4.78, 5) is 15.5. The Hall–Kier alpha value is -1.33. The quantitative estimate of drug-likeness (QED) is 0.454. The minimum Gasteiger partial charge on any atom is -0.460 e. The normalized spacial score (nSPS) is 10.6. The molecule has 0 aliphatic carbocycles. The van der Waals surface area contributed by atoms with Gasteiger partial charge >= 0.3 is 5.97 Å². The van der Waals surface area contributed by atoms with Gasteiger partial charge < -0.3 is 10.1 Å². The summed E-state index contributed by atoms with van der Waals surface area (Å²) in [5, 5.41) is 4.27. The van der Waals surface area contributed by atoms with Gasteiger partial charge in [-0.1, -0.05) is 46.9 Å². The van der Waals surface area contributed by atoms with Crippen molar-refractivity contribution in [2.45, 2.75) is 13.0 Å². The molecule has 23 heavy (non-hydrogen) atoms. The number of rotatable bonds is 7. The van der Waals surface area contributed by atoms with Crippen molar-refractivity contribution in [2.24, 2.45) is 0 Å². The number of ether oxygens (including phenoxy) is 1. The van der Waals surface area contributed by atoms with Crippen LogP contribution in [-0.4, -0.2) is 24.0 Å². The van der Waals surface area contributed by atoms with Gasteiger partial charge in [0.25, 0.3) is 0 Å². The van der Waals surface area contributed by atoms with Crippen molar-refractivity contribution in [3.05, 3.63) is 62.9 Å². The fraction of sp³-hybridized carbons (Fsp3) is 0.250. The molecule has 1 heterocycles. The molecule has 0 amide bonds. The Labute approximate surface area is 149 Å². The lowest BCUT2D eigenvalue weighted by Crippen LogP contribution is -2.26. The largest absolute Gasteiger partial charge is 0.460 e. The Kier molecular flexibility index (Phi) is 7.12. The summed E-state index contributed by atoms with van der Waals surface area (Å²) in [6.45, 7) is 0.895. The molecule has 0 bridgehead atoms. The third kappa shape index (κ3) is 6.75. The molecule has 0 radical (unpaired) electrons. The zero-order valence-corrected chi connectivity index (χ0v) is 14.5. The minimum absolute atomic E-state index is 0.108. The lowest BCUT2D eigenvalue weighted by Gasteiger charge is -2.07. The van der Waals surface area contributed by atoms with E-state index in [2.05, 4.69) is 10.3 Å². The highest BCUT2D eigenvalue weighted by molar-refractivity contribution is 6.32. The summed E-state index contributed by atoms with van der Waals surface area (Å²) in [5.41, 5.74) is 1.81. The maximum absolute atomic E-state index is 11.7. The third-order valence-corrected chi connectivity index (χ3v) is 3.59. The number of esters is 1. The van der Waals surface area contributed by atoms with Crippen LogP contribution in [0.4, 0.5) is 0 Å². The molecule has 4 nitrogen and oxygen atoms in total. The number of hydrogen-bond acceptors (Lipinski definition) is 4. The van der Waals surface area contributed by atoms with E-state index in [9.17, 15) is 4.79 Å². The van der Waals surface area contributed by atoms with E-state index in [4.69, 9.17) is 39.5 Å². The standard InChI is InChI=1S/C16H15Cl3N2O2/c17-13-3-1-2-11(6-13)4-5-20-9-16(22)23-10-12-7-14(18)21-15(19)8-12/h1-3,6-8,20H,4-5,9-10H2. The first-order chi connectivity index (χ1) is 11.0. The van der Waals surface area contributed by atoms with Crippen molar-refractivity contribution in [2.75, 3.05) is 13.1 Å². The molecule has 0 aliphatic heterocycles. The molecular formula is C16H15Cl3N2O2. The average molecular weight is 374 g/mol. The van der Waals surface area contributed by atoms with E-state index in [1.807, 2.05) is 24.3 Å². The van der Waals surface area contributed by atoms with Crippen LogP contribution in [0.5, 0.6) is 0 Å². The Morgan fingerprint density at radius 1 is 1.09 bits per heavy atom. The summed E-state index contributed by atoms with van der Waals surface area (Å²) in [7, 11) is 0. The van der Waals surface area contributed by atoms with Gasteiger partial charge in [-0.05, 0) is 48.4 Å². The summed E-state index contributed by atoms with van der Waals surface area (Å²) in [6, 6.07) is 10.8. The molecule has 0 saturated heterocycles. The van der Waals surface area contributed by atoms with Crippen LogP contribution in [0, 0.1) is 0 Å². The molecule has 0 unspecified atom stereocenters. The first-order valence-corrected chi connectivity index (χ1v) is 8.09. The summed E-state index contributed by atoms with van der Waals surface area (Å²) >= 11 is 17.5. The second kappa shape index (κ2) is 9.08. The highest BCUT2D eigenvalue weighted by Crippen LogP contribution is 2.15. The molecular weight excluding hydrogens is 359 g/mol. The van der Waals surface area contributed by atoms with Crippen LogP contribution < -0.4 is 5.32 Å². The lowest BCUT2D eigenvalue weighted by atomic mass is 10.1. The van der Waals surface area contributed by atoms with Crippen molar-refractivity contribution in [1.29, 1.82) is 0 Å². The van der Waals surface area contributed by atoms with E-state index in [0.717, 1.165) is 12.0 Å². The van der Waals surface area contributed by atoms with Gasteiger partial charge in [0.05, 0.1) is 6.54 Å². The van der Waals surface area contributed by atoms with Crippen LogP contribution in [0.1, 0.15) is 11.1 Å². The van der Waals surface area contributed by atoms with E-state index in [0.29, 0.717) is 17.1 Å². The van der Waals surface area contributed by atoms with Gasteiger partial charge in [-0.2, -0.15) is 0 Å². The fourth-order valence-corrected chi connectivity index (χ4v) is 2.65. The molecule has 7 heteroatoms. The van der Waals surface area contributed by atoms with E-state index >= 15 is 0 Å². The van der Waals surface area contributed by atoms with Gasteiger partial charge in [0.2, 0.25) is 0 Å². The maximum Gasteiger partial charge on any atom is 0.320 e. The van der Waals surface area contributed by atoms with Gasteiger partial charge in [-0.25, -0.2) is 4.98 Å². The van der Waals surface area contributed by atoms with Gasteiger partial charge in [0, 0.05) is 5.02 Å². The number of pyridine rings is 1. The van der Waals surface area contributed by atoms with Gasteiger partial charge in [-0.15, -0.1) is 0 Å².